The summed E-state index contributed by atoms with van der Waals surface area (Å²) in [7, 11) is 0. The Hall–Kier alpha value is -1.76. The van der Waals surface area contributed by atoms with Crippen LogP contribution >= 0.6 is 0 Å². The molecule has 1 aromatic carbocycles. The van der Waals surface area contributed by atoms with Crippen LogP contribution in [0.3, 0.4) is 0 Å². The molecule has 1 atom stereocenters. The molecule has 0 saturated carbocycles. The van der Waals surface area contributed by atoms with Crippen molar-refractivity contribution in [2.24, 2.45) is 0 Å². The van der Waals surface area contributed by atoms with E-state index in [4.69, 9.17) is 4.74 Å². The van der Waals surface area contributed by atoms with E-state index < -0.39 is 0 Å². The molecule has 1 aromatic rings. The molecule has 1 aliphatic heterocycles. The van der Waals surface area contributed by atoms with Gasteiger partial charge in [-0.25, -0.2) is 0 Å². The number of anilines is 1. The average molecular weight is 225 g/mol. The molecule has 2 nitrogen and oxygen atoms in total. The largest absolute Gasteiger partial charge is 0.352 e. The van der Waals surface area contributed by atoms with Crippen LogP contribution in [0.15, 0.2) is 59.9 Å². The van der Waals surface area contributed by atoms with Crippen molar-refractivity contribution in [3.8, 4) is 0 Å². The van der Waals surface area contributed by atoms with Gasteiger partial charge in [-0.15, -0.1) is 5.73 Å². The second-order valence-electron chi connectivity index (χ2n) is 4.30. The van der Waals surface area contributed by atoms with E-state index in [9.17, 15) is 0 Å². The third-order valence-corrected chi connectivity index (χ3v) is 3.18. The Morgan fingerprint density at radius 2 is 2.12 bits per heavy atom. The fraction of sp³-hybridized carbons (Fsp3) is 0.267. The number of para-hydroxylation sites is 1. The lowest BCUT2D eigenvalue weighted by Crippen LogP contribution is -2.38. The van der Waals surface area contributed by atoms with Crippen LogP contribution in [0.5, 0.6) is 0 Å². The molecule has 0 N–H and O–H groups in total. The molecule has 17 heavy (non-hydrogen) atoms. The Morgan fingerprint density at radius 3 is 2.76 bits per heavy atom. The molecule has 1 aliphatic carbocycles. The summed E-state index contributed by atoms with van der Waals surface area (Å²) in [6.07, 6.45) is 7.29. The van der Waals surface area contributed by atoms with Crippen LogP contribution in [0.25, 0.3) is 0 Å². The van der Waals surface area contributed by atoms with Gasteiger partial charge in [0.05, 0.1) is 6.10 Å². The minimum atomic E-state index is 0.213. The Balaban J connectivity index is 1.65. The average Bonchev–Trinajstić information content (AvgIpc) is 2.94. The lowest BCUT2D eigenvalue weighted by atomic mass is 10.1. The van der Waals surface area contributed by atoms with Gasteiger partial charge in [-0.3, -0.25) is 0 Å². The molecule has 2 heteroatoms. The van der Waals surface area contributed by atoms with E-state index in [0.717, 1.165) is 13.0 Å². The van der Waals surface area contributed by atoms with E-state index in [-0.39, 0.29) is 6.10 Å². The molecule has 2 aliphatic rings. The molecule has 1 unspecified atom stereocenters. The van der Waals surface area contributed by atoms with E-state index >= 15 is 0 Å². The van der Waals surface area contributed by atoms with Crippen molar-refractivity contribution in [1.82, 2.24) is 0 Å². The van der Waals surface area contributed by atoms with E-state index in [1.165, 1.54) is 11.3 Å². The van der Waals surface area contributed by atoms with Crippen LogP contribution in [0, 0.1) is 0 Å². The molecule has 1 fully saturated rings. The first kappa shape index (κ1) is 10.4. The highest BCUT2D eigenvalue weighted by atomic mass is 16.5. The van der Waals surface area contributed by atoms with Gasteiger partial charge in [-0.05, 0) is 30.7 Å². The highest BCUT2D eigenvalue weighted by Crippen LogP contribution is 2.23. The summed E-state index contributed by atoms with van der Waals surface area (Å²) in [6, 6.07) is 10.4. The van der Waals surface area contributed by atoms with Crippen LogP contribution in [0.1, 0.15) is 6.42 Å². The van der Waals surface area contributed by atoms with E-state index in [2.05, 4.69) is 41.0 Å². The molecule has 1 saturated heterocycles. The Kier molecular flexibility index (Phi) is 2.83. The van der Waals surface area contributed by atoms with Crippen LogP contribution in [0.2, 0.25) is 0 Å². The van der Waals surface area contributed by atoms with Crippen molar-refractivity contribution in [2.75, 3.05) is 18.2 Å². The maximum atomic E-state index is 5.88. The second kappa shape index (κ2) is 4.62. The van der Waals surface area contributed by atoms with Gasteiger partial charge in [0.2, 0.25) is 0 Å². The number of hydrogen-bond acceptors (Lipinski definition) is 2. The monoisotopic (exact) mass is 225 g/mol. The van der Waals surface area contributed by atoms with Gasteiger partial charge in [-0.1, -0.05) is 24.3 Å². The fourth-order valence-electron chi connectivity index (χ4n) is 2.23. The predicted octanol–water partition coefficient (Wildman–Crippen LogP) is 2.89. The topological polar surface area (TPSA) is 12.5 Å². The van der Waals surface area contributed by atoms with Crippen molar-refractivity contribution in [2.45, 2.75) is 12.5 Å². The van der Waals surface area contributed by atoms with Crippen molar-refractivity contribution in [3.05, 3.63) is 59.9 Å². The molecule has 3 rings (SSSR count). The number of hydrogen-bond donors (Lipinski definition) is 0. The van der Waals surface area contributed by atoms with Crippen LogP contribution < -0.4 is 4.90 Å². The van der Waals surface area contributed by atoms with Gasteiger partial charge in [0, 0.05) is 17.8 Å². The first-order valence-electron chi connectivity index (χ1n) is 5.98. The molecule has 1 heterocycles. The van der Waals surface area contributed by atoms with Gasteiger partial charge in [0.1, 0.15) is 6.73 Å². The molecule has 86 valence electrons. The number of benzene rings is 1. The zero-order valence-electron chi connectivity index (χ0n) is 9.67. The standard InChI is InChI=1S/C15H15NO/c1-2-8-14(9-3-1)16-11-10-15(17-12-16)13-6-4-5-7-13/h1-6,8-9,15H,10-12H2. The zero-order valence-corrected chi connectivity index (χ0v) is 9.67. The Labute approximate surface area is 102 Å². The summed E-state index contributed by atoms with van der Waals surface area (Å²) in [5.41, 5.74) is 5.63. The van der Waals surface area contributed by atoms with Gasteiger partial charge in [0.25, 0.3) is 0 Å². The van der Waals surface area contributed by atoms with E-state index in [1.807, 2.05) is 18.2 Å². The van der Waals surface area contributed by atoms with Crippen molar-refractivity contribution >= 4 is 5.69 Å². The summed E-state index contributed by atoms with van der Waals surface area (Å²) in [5.74, 6) is 0. The first-order valence-corrected chi connectivity index (χ1v) is 5.98. The summed E-state index contributed by atoms with van der Waals surface area (Å²) in [6.45, 7) is 1.70. The Bertz CT molecular complexity index is 475. The van der Waals surface area contributed by atoms with Crippen molar-refractivity contribution in [1.29, 1.82) is 0 Å². The summed E-state index contributed by atoms with van der Waals surface area (Å²) < 4.78 is 5.88. The zero-order chi connectivity index (χ0) is 11.5. The quantitative estimate of drug-likeness (QED) is 0.718. The van der Waals surface area contributed by atoms with Crippen LogP contribution in [-0.2, 0) is 4.74 Å². The highest BCUT2D eigenvalue weighted by molar-refractivity contribution is 5.46. The second-order valence-corrected chi connectivity index (χ2v) is 4.30. The minimum Gasteiger partial charge on any atom is -0.352 e. The summed E-state index contributed by atoms with van der Waals surface area (Å²) in [5, 5.41) is 0. The third kappa shape index (κ3) is 2.19. The molecule has 0 amide bonds. The van der Waals surface area contributed by atoms with E-state index in [0.29, 0.717) is 6.73 Å². The number of allylic oxidation sites excluding steroid dienone is 1. The van der Waals surface area contributed by atoms with Gasteiger partial charge < -0.3 is 9.64 Å². The molecular formula is C15H15NO. The maximum absolute atomic E-state index is 5.88. The normalized spacial score (nSPS) is 22.9. The molecule has 0 radical (unpaired) electrons. The molecule has 0 bridgehead atoms. The van der Waals surface area contributed by atoms with Gasteiger partial charge in [0.15, 0.2) is 0 Å². The van der Waals surface area contributed by atoms with E-state index in [1.54, 1.807) is 0 Å². The SMILES string of the molecule is C1=CC=CC=1C1CCN(c2ccccc2)CO1. The van der Waals surface area contributed by atoms with Gasteiger partial charge >= 0.3 is 0 Å². The highest BCUT2D eigenvalue weighted by Gasteiger charge is 2.22. The van der Waals surface area contributed by atoms with Gasteiger partial charge in [-0.2, -0.15) is 0 Å². The lowest BCUT2D eigenvalue weighted by Gasteiger charge is -2.33. The molecule has 0 aromatic heterocycles. The number of rotatable bonds is 2. The fourth-order valence-corrected chi connectivity index (χ4v) is 2.23. The Morgan fingerprint density at radius 1 is 1.24 bits per heavy atom. The van der Waals surface area contributed by atoms with Crippen molar-refractivity contribution < 1.29 is 4.74 Å². The lowest BCUT2D eigenvalue weighted by molar-refractivity contribution is 0.0511. The predicted molar refractivity (Wildman–Crippen MR) is 68.9 cm³/mol. The number of nitrogens with zero attached hydrogens (tertiary/aromatic N) is 1. The molecular weight excluding hydrogens is 210 g/mol. The third-order valence-electron chi connectivity index (χ3n) is 3.18. The van der Waals surface area contributed by atoms with Crippen LogP contribution in [-0.4, -0.2) is 19.4 Å². The first-order chi connectivity index (χ1) is 8.43. The minimum absolute atomic E-state index is 0.213. The van der Waals surface area contributed by atoms with Crippen molar-refractivity contribution in [3.63, 3.8) is 0 Å². The summed E-state index contributed by atoms with van der Waals surface area (Å²) in [4.78, 5) is 2.26. The summed E-state index contributed by atoms with van der Waals surface area (Å²) >= 11 is 0. The molecule has 0 spiro atoms. The smallest absolute Gasteiger partial charge is 0.119 e. The maximum Gasteiger partial charge on any atom is 0.119 e. The number of ether oxygens (including phenoxy) is 1. The van der Waals surface area contributed by atoms with Crippen LogP contribution in [0.4, 0.5) is 5.69 Å².